The molecule has 8 nitrogen and oxygen atoms in total. The van der Waals surface area contributed by atoms with Crippen molar-refractivity contribution in [3.8, 4) is 28.5 Å². The second kappa shape index (κ2) is 9.90. The second-order valence-corrected chi connectivity index (χ2v) is 8.45. The number of hydrogen-bond donors (Lipinski definition) is 1. The topological polar surface area (TPSA) is 98.7 Å². The lowest BCUT2D eigenvalue weighted by Gasteiger charge is -2.11. The normalized spacial score (nSPS) is 10.9. The van der Waals surface area contributed by atoms with Crippen molar-refractivity contribution in [2.24, 2.45) is 0 Å². The molecular formula is C25H19FN6O2S. The van der Waals surface area contributed by atoms with Crippen molar-refractivity contribution in [1.82, 2.24) is 24.9 Å². The Morgan fingerprint density at radius 3 is 2.49 bits per heavy atom. The Labute approximate surface area is 204 Å². The summed E-state index contributed by atoms with van der Waals surface area (Å²) in [6, 6.07) is 22.9. The lowest BCUT2D eigenvalue weighted by atomic mass is 10.1. The van der Waals surface area contributed by atoms with E-state index in [0.29, 0.717) is 39.5 Å². The third-order valence-electron chi connectivity index (χ3n) is 5.05. The first-order chi connectivity index (χ1) is 17.1. The number of rotatable bonds is 7. The number of amides is 1. The van der Waals surface area contributed by atoms with Crippen LogP contribution in [-0.4, -0.2) is 36.6 Å². The number of benzene rings is 3. The molecule has 0 aliphatic heterocycles. The standard InChI is InChI=1S/C25H19FN6O2S/c1-16-27-23(31-34-16)20-9-5-6-10-21(20)28-22(33)15-35-25-30-29-24(17-11-13-18(26)14-12-17)32(25)19-7-3-2-4-8-19/h2-14H,15H2,1H3,(H,28,33). The van der Waals surface area contributed by atoms with Gasteiger partial charge in [0.05, 0.1) is 11.4 Å². The molecule has 0 fully saturated rings. The number of aryl methyl sites for hydroxylation is 1. The van der Waals surface area contributed by atoms with Crippen molar-refractivity contribution >= 4 is 23.4 Å². The van der Waals surface area contributed by atoms with Crippen LogP contribution in [0.5, 0.6) is 0 Å². The van der Waals surface area contributed by atoms with Gasteiger partial charge < -0.3 is 9.84 Å². The van der Waals surface area contributed by atoms with E-state index in [9.17, 15) is 9.18 Å². The molecule has 35 heavy (non-hydrogen) atoms. The number of hydrogen-bond acceptors (Lipinski definition) is 7. The second-order valence-electron chi connectivity index (χ2n) is 7.50. The van der Waals surface area contributed by atoms with Gasteiger partial charge in [-0.05, 0) is 48.5 Å². The van der Waals surface area contributed by atoms with E-state index < -0.39 is 0 Å². The van der Waals surface area contributed by atoms with Crippen molar-refractivity contribution in [3.63, 3.8) is 0 Å². The zero-order valence-electron chi connectivity index (χ0n) is 18.6. The number of thioether (sulfide) groups is 1. The summed E-state index contributed by atoms with van der Waals surface area (Å²) in [7, 11) is 0. The fraction of sp³-hybridized carbons (Fsp3) is 0.0800. The minimum atomic E-state index is -0.331. The monoisotopic (exact) mass is 486 g/mol. The van der Waals surface area contributed by atoms with Gasteiger partial charge in [0.15, 0.2) is 11.0 Å². The molecule has 0 aliphatic carbocycles. The molecule has 0 saturated heterocycles. The summed E-state index contributed by atoms with van der Waals surface area (Å²) < 4.78 is 20.4. The van der Waals surface area contributed by atoms with Crippen molar-refractivity contribution in [3.05, 3.63) is 90.6 Å². The predicted molar refractivity (Wildman–Crippen MR) is 131 cm³/mol. The Kier molecular flexibility index (Phi) is 6.36. The molecule has 1 amide bonds. The van der Waals surface area contributed by atoms with Crippen molar-refractivity contribution in [2.45, 2.75) is 12.1 Å². The predicted octanol–water partition coefficient (Wildman–Crippen LogP) is 5.16. The molecule has 0 radical (unpaired) electrons. The molecule has 5 rings (SSSR count). The number of aromatic nitrogens is 5. The lowest BCUT2D eigenvalue weighted by Crippen LogP contribution is -2.15. The molecule has 1 N–H and O–H groups in total. The van der Waals surface area contributed by atoms with E-state index in [1.54, 1.807) is 25.1 Å². The van der Waals surface area contributed by atoms with E-state index in [1.165, 1.54) is 23.9 Å². The molecule has 5 aromatic rings. The molecule has 0 saturated carbocycles. The highest BCUT2D eigenvalue weighted by Crippen LogP contribution is 2.29. The molecule has 2 aromatic heterocycles. The Bertz CT molecular complexity index is 1470. The van der Waals surface area contributed by atoms with Crippen molar-refractivity contribution in [1.29, 1.82) is 0 Å². The van der Waals surface area contributed by atoms with Crippen LogP contribution in [-0.2, 0) is 4.79 Å². The van der Waals surface area contributed by atoms with E-state index in [2.05, 4.69) is 25.7 Å². The summed E-state index contributed by atoms with van der Waals surface area (Å²) in [4.78, 5) is 17.1. The third kappa shape index (κ3) is 4.97. The van der Waals surface area contributed by atoms with Gasteiger partial charge in [-0.2, -0.15) is 4.98 Å². The van der Waals surface area contributed by atoms with Gasteiger partial charge in [0.2, 0.25) is 17.6 Å². The van der Waals surface area contributed by atoms with Gasteiger partial charge in [-0.3, -0.25) is 9.36 Å². The van der Waals surface area contributed by atoms with Gasteiger partial charge in [0.1, 0.15) is 5.82 Å². The van der Waals surface area contributed by atoms with E-state index in [4.69, 9.17) is 4.52 Å². The molecule has 10 heteroatoms. The molecule has 0 aliphatic rings. The maximum absolute atomic E-state index is 13.5. The maximum Gasteiger partial charge on any atom is 0.234 e. The molecule has 174 valence electrons. The molecule has 0 unspecified atom stereocenters. The van der Waals surface area contributed by atoms with Crippen LogP contribution in [0.2, 0.25) is 0 Å². The van der Waals surface area contributed by atoms with Gasteiger partial charge in [-0.15, -0.1) is 10.2 Å². The summed E-state index contributed by atoms with van der Waals surface area (Å²) >= 11 is 1.25. The Morgan fingerprint density at radius 1 is 1.00 bits per heavy atom. The quantitative estimate of drug-likeness (QED) is 0.317. The number of carbonyl (C=O) groups is 1. The largest absolute Gasteiger partial charge is 0.339 e. The van der Waals surface area contributed by atoms with E-state index in [0.717, 1.165) is 5.69 Å². The number of anilines is 1. The Balaban J connectivity index is 1.38. The molecule has 2 heterocycles. The van der Waals surface area contributed by atoms with Crippen LogP contribution in [0, 0.1) is 12.7 Å². The number of nitrogens with one attached hydrogen (secondary N) is 1. The lowest BCUT2D eigenvalue weighted by molar-refractivity contribution is -0.113. The maximum atomic E-state index is 13.5. The highest BCUT2D eigenvalue weighted by Gasteiger charge is 2.18. The summed E-state index contributed by atoms with van der Waals surface area (Å²) in [6.07, 6.45) is 0. The summed E-state index contributed by atoms with van der Waals surface area (Å²) in [5.74, 6) is 0.925. The van der Waals surface area contributed by atoms with E-state index in [-0.39, 0.29) is 17.5 Å². The van der Waals surface area contributed by atoms with Gasteiger partial charge in [0, 0.05) is 23.7 Å². The molecule has 3 aromatic carbocycles. The number of para-hydroxylation sites is 2. The van der Waals surface area contributed by atoms with Crippen LogP contribution in [0.25, 0.3) is 28.5 Å². The van der Waals surface area contributed by atoms with Crippen LogP contribution in [0.15, 0.2) is 88.5 Å². The van der Waals surface area contributed by atoms with E-state index >= 15 is 0 Å². The van der Waals surface area contributed by atoms with Gasteiger partial charge >= 0.3 is 0 Å². The number of halogens is 1. The van der Waals surface area contributed by atoms with Crippen LogP contribution < -0.4 is 5.32 Å². The third-order valence-corrected chi connectivity index (χ3v) is 5.98. The molecular weight excluding hydrogens is 467 g/mol. The summed E-state index contributed by atoms with van der Waals surface area (Å²) in [5, 5.41) is 16.0. The summed E-state index contributed by atoms with van der Waals surface area (Å²) in [6.45, 7) is 1.71. The van der Waals surface area contributed by atoms with Gasteiger partial charge in [-0.1, -0.05) is 47.3 Å². The first kappa shape index (κ1) is 22.5. The highest BCUT2D eigenvalue weighted by molar-refractivity contribution is 7.99. The Hall–Kier alpha value is -4.31. The van der Waals surface area contributed by atoms with Gasteiger partial charge in [0.25, 0.3) is 0 Å². The highest BCUT2D eigenvalue weighted by atomic mass is 32.2. The molecule has 0 atom stereocenters. The molecule has 0 bridgehead atoms. The van der Waals surface area contributed by atoms with Crippen LogP contribution >= 0.6 is 11.8 Å². The minimum Gasteiger partial charge on any atom is -0.339 e. The zero-order chi connectivity index (χ0) is 24.2. The first-order valence-corrected chi connectivity index (χ1v) is 11.7. The van der Waals surface area contributed by atoms with Crippen LogP contribution in [0.4, 0.5) is 10.1 Å². The first-order valence-electron chi connectivity index (χ1n) is 10.7. The minimum absolute atomic E-state index is 0.0913. The Morgan fingerprint density at radius 2 is 1.74 bits per heavy atom. The number of nitrogens with zero attached hydrogens (tertiary/aromatic N) is 5. The summed E-state index contributed by atoms with van der Waals surface area (Å²) in [5.41, 5.74) is 2.78. The smallest absolute Gasteiger partial charge is 0.234 e. The number of carbonyl (C=O) groups excluding carboxylic acids is 1. The van der Waals surface area contributed by atoms with Crippen molar-refractivity contribution in [2.75, 3.05) is 11.1 Å². The average molecular weight is 487 g/mol. The average Bonchev–Trinajstić information content (AvgIpc) is 3.50. The SMILES string of the molecule is Cc1nc(-c2ccccc2NC(=O)CSc2nnc(-c3ccc(F)cc3)n2-c2ccccc2)no1. The fourth-order valence-electron chi connectivity index (χ4n) is 3.47. The van der Waals surface area contributed by atoms with Crippen LogP contribution in [0.3, 0.4) is 0 Å². The fourth-order valence-corrected chi connectivity index (χ4v) is 4.22. The molecule has 0 spiro atoms. The van der Waals surface area contributed by atoms with Crippen molar-refractivity contribution < 1.29 is 13.7 Å². The van der Waals surface area contributed by atoms with Gasteiger partial charge in [-0.25, -0.2) is 4.39 Å². The van der Waals surface area contributed by atoms with Crippen LogP contribution in [0.1, 0.15) is 5.89 Å². The zero-order valence-corrected chi connectivity index (χ0v) is 19.4. The van der Waals surface area contributed by atoms with E-state index in [1.807, 2.05) is 53.1 Å².